The largest absolute Gasteiger partial charge is 0.397 e. The number of halogens is 2. The average molecular weight is 309 g/mol. The van der Waals surface area contributed by atoms with Crippen molar-refractivity contribution in [2.24, 2.45) is 0 Å². The third-order valence-corrected chi connectivity index (χ3v) is 2.91. The van der Waals surface area contributed by atoms with Crippen molar-refractivity contribution in [1.29, 1.82) is 0 Å². The van der Waals surface area contributed by atoms with Gasteiger partial charge in [0.2, 0.25) is 0 Å². The molecule has 0 unspecified atom stereocenters. The highest BCUT2D eigenvalue weighted by Crippen LogP contribution is 2.08. The molecule has 19 heavy (non-hydrogen) atoms. The molecule has 0 fully saturated rings. The molecule has 1 rings (SSSR count). The quantitative estimate of drug-likeness (QED) is 0.886. The molecule has 0 atom stereocenters. The number of likely N-dealkylation sites (N-methyl/N-ethyl adjacent to an activating group) is 1. The maximum Gasteiger partial charge on any atom is 0.269 e. The standard InChI is InChI=1S/C12H20N4O.2ClH/c1-12(2,16(3)4)8-15-11(17)10-6-5-9(13)7-14-10;;/h5-7H,8,13H2,1-4H3,(H,15,17);2*1H. The van der Waals surface area contributed by atoms with Crippen LogP contribution in [-0.2, 0) is 0 Å². The molecule has 1 aromatic rings. The van der Waals surface area contributed by atoms with Gasteiger partial charge in [-0.05, 0) is 40.1 Å². The Morgan fingerprint density at radius 1 is 1.37 bits per heavy atom. The van der Waals surface area contributed by atoms with Crippen LogP contribution in [0, 0.1) is 0 Å². The number of hydrogen-bond acceptors (Lipinski definition) is 4. The van der Waals surface area contributed by atoms with Crippen molar-refractivity contribution in [2.45, 2.75) is 19.4 Å². The summed E-state index contributed by atoms with van der Waals surface area (Å²) >= 11 is 0. The number of nitrogens with one attached hydrogen (secondary N) is 1. The molecule has 0 aliphatic carbocycles. The van der Waals surface area contributed by atoms with E-state index >= 15 is 0 Å². The van der Waals surface area contributed by atoms with Crippen molar-refractivity contribution in [3.63, 3.8) is 0 Å². The van der Waals surface area contributed by atoms with Gasteiger partial charge in [0.15, 0.2) is 0 Å². The summed E-state index contributed by atoms with van der Waals surface area (Å²) in [5.41, 5.74) is 6.35. The summed E-state index contributed by atoms with van der Waals surface area (Å²) < 4.78 is 0. The number of amides is 1. The molecule has 1 aromatic heterocycles. The first-order valence-electron chi connectivity index (χ1n) is 5.50. The Hall–Kier alpha value is -1.04. The summed E-state index contributed by atoms with van der Waals surface area (Å²) in [4.78, 5) is 17.8. The highest BCUT2D eigenvalue weighted by atomic mass is 35.5. The van der Waals surface area contributed by atoms with Gasteiger partial charge >= 0.3 is 0 Å². The van der Waals surface area contributed by atoms with Crippen molar-refractivity contribution in [1.82, 2.24) is 15.2 Å². The van der Waals surface area contributed by atoms with E-state index in [-0.39, 0.29) is 36.3 Å². The lowest BCUT2D eigenvalue weighted by molar-refractivity contribution is 0.0915. The molecular weight excluding hydrogens is 287 g/mol. The van der Waals surface area contributed by atoms with E-state index in [4.69, 9.17) is 5.73 Å². The van der Waals surface area contributed by atoms with Gasteiger partial charge in [0.25, 0.3) is 5.91 Å². The minimum atomic E-state index is -0.181. The third-order valence-electron chi connectivity index (χ3n) is 2.91. The van der Waals surface area contributed by atoms with Crippen molar-refractivity contribution in [3.8, 4) is 0 Å². The molecular formula is C12H22Cl2N4O. The Morgan fingerprint density at radius 3 is 2.37 bits per heavy atom. The predicted octanol–water partition coefficient (Wildman–Crippen LogP) is 1.58. The monoisotopic (exact) mass is 308 g/mol. The molecule has 1 amide bonds. The smallest absolute Gasteiger partial charge is 0.269 e. The zero-order valence-corrected chi connectivity index (χ0v) is 13.3. The summed E-state index contributed by atoms with van der Waals surface area (Å²) in [6.45, 7) is 4.68. The average Bonchev–Trinajstić information content (AvgIpc) is 2.27. The Kier molecular flexibility index (Phi) is 8.75. The van der Waals surface area contributed by atoms with Gasteiger partial charge in [0, 0.05) is 12.1 Å². The van der Waals surface area contributed by atoms with Gasteiger partial charge in [-0.15, -0.1) is 24.8 Å². The molecule has 5 nitrogen and oxygen atoms in total. The molecule has 3 N–H and O–H groups in total. The number of nitrogens with two attached hydrogens (primary N) is 1. The molecule has 0 aromatic carbocycles. The van der Waals surface area contributed by atoms with E-state index < -0.39 is 0 Å². The zero-order chi connectivity index (χ0) is 13.1. The summed E-state index contributed by atoms with van der Waals surface area (Å²) in [7, 11) is 3.96. The molecule has 0 bridgehead atoms. The van der Waals surface area contributed by atoms with E-state index in [2.05, 4.69) is 29.0 Å². The van der Waals surface area contributed by atoms with Crippen molar-refractivity contribution < 1.29 is 4.79 Å². The lowest BCUT2D eigenvalue weighted by Gasteiger charge is -2.32. The van der Waals surface area contributed by atoms with Gasteiger partial charge < -0.3 is 16.0 Å². The fourth-order valence-electron chi connectivity index (χ4n) is 1.08. The molecule has 7 heteroatoms. The molecule has 110 valence electrons. The topological polar surface area (TPSA) is 71.2 Å². The van der Waals surface area contributed by atoms with Crippen LogP contribution in [0.4, 0.5) is 5.69 Å². The van der Waals surface area contributed by atoms with E-state index in [0.717, 1.165) is 0 Å². The van der Waals surface area contributed by atoms with E-state index in [0.29, 0.717) is 17.9 Å². The maximum atomic E-state index is 11.8. The summed E-state index contributed by atoms with van der Waals surface area (Å²) in [5.74, 6) is -0.181. The van der Waals surface area contributed by atoms with Crippen LogP contribution in [0.1, 0.15) is 24.3 Å². The first kappa shape index (κ1) is 20.3. The molecule has 0 aliphatic heterocycles. The van der Waals surface area contributed by atoms with Gasteiger partial charge in [0.1, 0.15) is 5.69 Å². The molecule has 0 spiro atoms. The summed E-state index contributed by atoms with van der Waals surface area (Å²) in [6.07, 6.45) is 1.48. The SMILES string of the molecule is CN(C)C(C)(C)CNC(=O)c1ccc(N)cn1.Cl.Cl. The molecule has 1 heterocycles. The highest BCUT2D eigenvalue weighted by Gasteiger charge is 2.21. The molecule has 0 saturated carbocycles. The van der Waals surface area contributed by atoms with Crippen LogP contribution in [0.25, 0.3) is 0 Å². The summed E-state index contributed by atoms with van der Waals surface area (Å²) in [6, 6.07) is 3.28. The second-order valence-electron chi connectivity index (χ2n) is 4.87. The minimum absolute atomic E-state index is 0. The number of nitrogens with zero attached hydrogens (tertiary/aromatic N) is 2. The number of nitrogen functional groups attached to an aromatic ring is 1. The van der Waals surface area contributed by atoms with E-state index in [1.807, 2.05) is 14.1 Å². The Bertz CT molecular complexity index is 393. The first-order valence-corrected chi connectivity index (χ1v) is 5.50. The zero-order valence-electron chi connectivity index (χ0n) is 11.6. The van der Waals surface area contributed by atoms with Crippen LogP contribution in [0.2, 0.25) is 0 Å². The second kappa shape index (κ2) is 8.19. The van der Waals surface area contributed by atoms with Crippen LogP contribution >= 0.6 is 24.8 Å². The van der Waals surface area contributed by atoms with Gasteiger partial charge in [-0.3, -0.25) is 4.79 Å². The Morgan fingerprint density at radius 2 is 1.95 bits per heavy atom. The number of carbonyl (C=O) groups is 1. The van der Waals surface area contributed by atoms with Crippen molar-refractivity contribution in [3.05, 3.63) is 24.0 Å². The summed E-state index contributed by atoms with van der Waals surface area (Å²) in [5, 5.41) is 2.86. The van der Waals surface area contributed by atoms with Crippen molar-refractivity contribution >= 4 is 36.4 Å². The van der Waals surface area contributed by atoms with Crippen molar-refractivity contribution in [2.75, 3.05) is 26.4 Å². The van der Waals surface area contributed by atoms with Crippen LogP contribution in [0.15, 0.2) is 18.3 Å². The normalized spacial score (nSPS) is 10.4. The van der Waals surface area contributed by atoms with Gasteiger partial charge in [0.05, 0.1) is 11.9 Å². The fourth-order valence-corrected chi connectivity index (χ4v) is 1.08. The third kappa shape index (κ3) is 6.09. The minimum Gasteiger partial charge on any atom is -0.397 e. The highest BCUT2D eigenvalue weighted by molar-refractivity contribution is 5.92. The number of carbonyl (C=O) groups excluding carboxylic acids is 1. The molecule has 0 aliphatic rings. The lowest BCUT2D eigenvalue weighted by atomic mass is 10.0. The van der Waals surface area contributed by atoms with E-state index in [9.17, 15) is 4.79 Å². The fraction of sp³-hybridized carbons (Fsp3) is 0.500. The van der Waals surface area contributed by atoms with Crippen LogP contribution in [0.5, 0.6) is 0 Å². The number of anilines is 1. The molecule has 0 saturated heterocycles. The predicted molar refractivity (Wildman–Crippen MR) is 83.2 cm³/mol. The number of hydrogen-bond donors (Lipinski definition) is 2. The van der Waals surface area contributed by atoms with Crippen LogP contribution in [0.3, 0.4) is 0 Å². The Labute approximate surface area is 126 Å². The van der Waals surface area contributed by atoms with E-state index in [1.165, 1.54) is 6.20 Å². The van der Waals surface area contributed by atoms with Gasteiger partial charge in [-0.1, -0.05) is 0 Å². The first-order chi connectivity index (χ1) is 7.83. The Balaban J connectivity index is 0. The second-order valence-corrected chi connectivity index (χ2v) is 4.87. The van der Waals surface area contributed by atoms with Gasteiger partial charge in [-0.25, -0.2) is 4.98 Å². The number of rotatable bonds is 4. The van der Waals surface area contributed by atoms with E-state index in [1.54, 1.807) is 12.1 Å². The maximum absolute atomic E-state index is 11.8. The number of pyridine rings is 1. The lowest BCUT2D eigenvalue weighted by Crippen LogP contribution is -2.48. The van der Waals surface area contributed by atoms with Gasteiger partial charge in [-0.2, -0.15) is 0 Å². The number of aromatic nitrogens is 1. The molecule has 0 radical (unpaired) electrons. The van der Waals surface area contributed by atoms with Crippen LogP contribution in [-0.4, -0.2) is 42.0 Å². The van der Waals surface area contributed by atoms with Crippen LogP contribution < -0.4 is 11.1 Å².